The molecule has 0 saturated heterocycles. The molecular weight excluding hydrogens is 332 g/mol. The molecule has 1 aromatic rings. The molecule has 1 rings (SSSR count). The predicted octanol–water partition coefficient (Wildman–Crippen LogP) is 6.13. The first-order valence-electron chi connectivity index (χ1n) is 9.67. The minimum absolute atomic E-state index is 0.127. The van der Waals surface area contributed by atoms with Gasteiger partial charge < -0.3 is 10.2 Å². The van der Waals surface area contributed by atoms with E-state index in [0.29, 0.717) is 5.75 Å². The van der Waals surface area contributed by atoms with Crippen molar-refractivity contribution in [2.45, 2.75) is 83.3 Å². The normalized spacial score (nSPS) is 11.6. The number of carboxylic acid groups (broad SMARTS) is 1. The molecule has 0 heterocycles. The van der Waals surface area contributed by atoms with Crippen molar-refractivity contribution in [3.8, 4) is 5.75 Å². The van der Waals surface area contributed by atoms with Gasteiger partial charge in [-0.1, -0.05) is 58.9 Å². The van der Waals surface area contributed by atoms with Crippen molar-refractivity contribution in [1.82, 2.24) is 0 Å². The number of hydrogen-bond donors (Lipinski definition) is 2. The first-order chi connectivity index (χ1) is 12.0. The molecule has 0 aromatic heterocycles. The van der Waals surface area contributed by atoms with E-state index >= 15 is 0 Å². The van der Waals surface area contributed by atoms with Gasteiger partial charge in [0, 0.05) is 4.75 Å². The van der Waals surface area contributed by atoms with Gasteiger partial charge in [-0.2, -0.15) is 0 Å². The van der Waals surface area contributed by atoms with E-state index in [2.05, 4.69) is 20.8 Å². The fourth-order valence-electron chi connectivity index (χ4n) is 3.34. The highest BCUT2D eigenvalue weighted by Gasteiger charge is 2.34. The van der Waals surface area contributed by atoms with Crippen molar-refractivity contribution in [3.63, 3.8) is 0 Å². The Kier molecular flexibility index (Phi) is 10.0. The summed E-state index contributed by atoms with van der Waals surface area (Å²) in [5, 5.41) is 19.2. The molecule has 0 aliphatic carbocycles. The summed E-state index contributed by atoms with van der Waals surface area (Å²) in [6, 6.07) is 5.69. The molecule has 0 aliphatic heterocycles. The van der Waals surface area contributed by atoms with Crippen molar-refractivity contribution >= 4 is 17.7 Å². The second-order valence-electron chi connectivity index (χ2n) is 6.83. The molecule has 25 heavy (non-hydrogen) atoms. The largest absolute Gasteiger partial charge is 0.508 e. The highest BCUT2D eigenvalue weighted by molar-refractivity contribution is 8.00. The number of carboxylic acids is 1. The summed E-state index contributed by atoms with van der Waals surface area (Å²) in [5.41, 5.74) is 2.43. The average Bonchev–Trinajstić information content (AvgIpc) is 2.60. The first-order valence-corrected chi connectivity index (χ1v) is 10.7. The summed E-state index contributed by atoms with van der Waals surface area (Å²) in [4.78, 5) is 11.3. The summed E-state index contributed by atoms with van der Waals surface area (Å²) in [6.07, 6.45) is 9.49. The highest BCUT2D eigenvalue weighted by atomic mass is 32.2. The number of rotatable bonds is 13. The van der Waals surface area contributed by atoms with Crippen LogP contribution in [0.1, 0.15) is 83.3 Å². The van der Waals surface area contributed by atoms with Crippen molar-refractivity contribution in [3.05, 3.63) is 29.3 Å². The van der Waals surface area contributed by atoms with Crippen molar-refractivity contribution in [1.29, 1.82) is 0 Å². The number of thioether (sulfide) groups is 1. The van der Waals surface area contributed by atoms with Crippen molar-refractivity contribution in [2.75, 3.05) is 5.75 Å². The van der Waals surface area contributed by atoms with E-state index in [1.807, 2.05) is 12.1 Å². The van der Waals surface area contributed by atoms with Gasteiger partial charge in [0.25, 0.3) is 0 Å². The van der Waals surface area contributed by atoms with Crippen LogP contribution < -0.4 is 0 Å². The minimum atomic E-state index is -0.753. The second kappa shape index (κ2) is 11.5. The Morgan fingerprint density at radius 1 is 1.04 bits per heavy atom. The van der Waals surface area contributed by atoms with Gasteiger partial charge in [0.05, 0.1) is 5.75 Å². The van der Waals surface area contributed by atoms with Crippen molar-refractivity contribution in [2.24, 2.45) is 0 Å². The number of hydrogen-bond acceptors (Lipinski definition) is 3. The van der Waals surface area contributed by atoms with Gasteiger partial charge in [0.1, 0.15) is 5.75 Å². The number of phenolic OH excluding ortho intramolecular Hbond substituents is 1. The lowest BCUT2D eigenvalue weighted by Gasteiger charge is -2.36. The van der Waals surface area contributed by atoms with E-state index in [4.69, 9.17) is 0 Å². The lowest BCUT2D eigenvalue weighted by Crippen LogP contribution is -2.26. The molecule has 0 saturated carbocycles. The monoisotopic (exact) mass is 366 g/mol. The van der Waals surface area contributed by atoms with Crippen LogP contribution in [0.5, 0.6) is 5.75 Å². The number of phenols is 1. The second-order valence-corrected chi connectivity index (χ2v) is 8.19. The van der Waals surface area contributed by atoms with Crippen molar-refractivity contribution < 1.29 is 15.0 Å². The van der Waals surface area contributed by atoms with Gasteiger partial charge in [-0.05, 0) is 48.9 Å². The third kappa shape index (κ3) is 6.93. The van der Waals surface area contributed by atoms with E-state index in [0.717, 1.165) is 57.8 Å². The number of aromatic hydroxyl groups is 1. The zero-order chi connectivity index (χ0) is 18.7. The molecule has 0 fully saturated rings. The van der Waals surface area contributed by atoms with Crippen LogP contribution >= 0.6 is 11.8 Å². The number of carbonyl (C=O) groups is 1. The van der Waals surface area contributed by atoms with Crippen LogP contribution in [0.3, 0.4) is 0 Å². The summed E-state index contributed by atoms with van der Waals surface area (Å²) in [7, 11) is 0. The fraction of sp³-hybridized carbons (Fsp3) is 0.667. The predicted molar refractivity (Wildman–Crippen MR) is 108 cm³/mol. The smallest absolute Gasteiger partial charge is 0.313 e. The van der Waals surface area contributed by atoms with E-state index in [1.165, 1.54) is 11.1 Å². The minimum Gasteiger partial charge on any atom is -0.508 e. The molecule has 4 heteroatoms. The van der Waals surface area contributed by atoms with Gasteiger partial charge in [-0.15, -0.1) is 11.8 Å². The Bertz CT molecular complexity index is 520. The number of aliphatic carboxylic acids is 1. The Balaban J connectivity index is 3.32. The lowest BCUT2D eigenvalue weighted by molar-refractivity contribution is -0.133. The molecule has 2 N–H and O–H groups in total. The van der Waals surface area contributed by atoms with E-state index in [1.54, 1.807) is 17.8 Å². The molecule has 142 valence electrons. The van der Waals surface area contributed by atoms with Gasteiger partial charge in [-0.3, -0.25) is 4.79 Å². The molecular formula is C21H34O3S. The Morgan fingerprint density at radius 3 is 2.16 bits per heavy atom. The fourth-order valence-corrected chi connectivity index (χ4v) is 4.67. The Labute approximate surface area is 157 Å². The van der Waals surface area contributed by atoms with Crippen LogP contribution in [0.4, 0.5) is 0 Å². The zero-order valence-corrected chi connectivity index (χ0v) is 16.8. The highest BCUT2D eigenvalue weighted by Crippen LogP contribution is 2.47. The summed E-state index contributed by atoms with van der Waals surface area (Å²) < 4.78 is -0.165. The maximum atomic E-state index is 11.3. The molecule has 3 nitrogen and oxygen atoms in total. The van der Waals surface area contributed by atoms with Crippen LogP contribution in [0.15, 0.2) is 18.2 Å². The van der Waals surface area contributed by atoms with Gasteiger partial charge >= 0.3 is 5.97 Å². The Morgan fingerprint density at radius 2 is 1.64 bits per heavy atom. The lowest BCUT2D eigenvalue weighted by atomic mass is 9.83. The quantitative estimate of drug-likeness (QED) is 0.441. The van der Waals surface area contributed by atoms with E-state index in [9.17, 15) is 15.0 Å². The summed E-state index contributed by atoms with van der Waals surface area (Å²) in [6.45, 7) is 6.53. The first kappa shape index (κ1) is 21.9. The number of aryl methyl sites for hydroxylation is 1. The van der Waals surface area contributed by atoms with Gasteiger partial charge in [0.2, 0.25) is 0 Å². The molecule has 0 aliphatic rings. The molecule has 0 amide bonds. The number of benzene rings is 1. The van der Waals surface area contributed by atoms with E-state index in [-0.39, 0.29) is 10.5 Å². The van der Waals surface area contributed by atoms with Crippen LogP contribution in [-0.2, 0) is 16.0 Å². The number of unbranched alkanes of at least 4 members (excludes halogenated alkanes) is 3. The third-order valence-electron chi connectivity index (χ3n) is 4.72. The summed E-state index contributed by atoms with van der Waals surface area (Å²) in [5.74, 6) is -0.323. The standard InChI is InChI=1S/C21H34O3S/c1-4-7-10-17-15-18(22)11-12-19(17)21(13-8-5-2,14-9-6-3)25-16-20(23)24/h11-12,15,22H,4-10,13-14,16H2,1-3H3,(H,23,24). The van der Waals surface area contributed by atoms with E-state index < -0.39 is 5.97 Å². The maximum Gasteiger partial charge on any atom is 0.313 e. The van der Waals surface area contributed by atoms with Crippen LogP contribution in [0.25, 0.3) is 0 Å². The van der Waals surface area contributed by atoms with Crippen LogP contribution in [0, 0.1) is 0 Å². The zero-order valence-electron chi connectivity index (χ0n) is 16.0. The third-order valence-corrected chi connectivity index (χ3v) is 6.29. The Hall–Kier alpha value is -1.16. The molecule has 0 spiro atoms. The molecule has 1 aromatic carbocycles. The maximum absolute atomic E-state index is 11.3. The topological polar surface area (TPSA) is 57.5 Å². The van der Waals surface area contributed by atoms with Gasteiger partial charge in [-0.25, -0.2) is 0 Å². The summed E-state index contributed by atoms with van der Waals surface area (Å²) >= 11 is 1.58. The van der Waals surface area contributed by atoms with Crippen LogP contribution in [-0.4, -0.2) is 21.9 Å². The molecule has 0 radical (unpaired) electrons. The average molecular weight is 367 g/mol. The molecule has 0 bridgehead atoms. The molecule has 0 unspecified atom stereocenters. The van der Waals surface area contributed by atoms with Gasteiger partial charge in [0.15, 0.2) is 0 Å². The SMILES string of the molecule is CCCCc1cc(O)ccc1C(CCCC)(CCCC)SCC(=O)O. The van der Waals surface area contributed by atoms with Crippen LogP contribution in [0.2, 0.25) is 0 Å². The molecule has 0 atom stereocenters.